The van der Waals surface area contributed by atoms with E-state index in [0.29, 0.717) is 23.0 Å². The average Bonchev–Trinajstić information content (AvgIpc) is 2.52. The van der Waals surface area contributed by atoms with Crippen LogP contribution in [0, 0.1) is 11.3 Å². The van der Waals surface area contributed by atoms with Crippen LogP contribution in [0.2, 0.25) is 0 Å². The Balaban J connectivity index is 2.05. The van der Waals surface area contributed by atoms with Crippen LogP contribution in [0.4, 0.5) is 5.69 Å². The van der Waals surface area contributed by atoms with Gasteiger partial charge in [-0.15, -0.1) is 0 Å². The molecule has 0 bridgehead atoms. The molecule has 7 heteroatoms. The smallest absolute Gasteiger partial charge is 0.229 e. The van der Waals surface area contributed by atoms with Crippen molar-refractivity contribution in [3.8, 4) is 6.07 Å². The van der Waals surface area contributed by atoms with Crippen molar-refractivity contribution < 1.29 is 8.42 Å². The van der Waals surface area contributed by atoms with Gasteiger partial charge in [-0.2, -0.15) is 5.26 Å². The van der Waals surface area contributed by atoms with E-state index in [2.05, 4.69) is 9.71 Å². The van der Waals surface area contributed by atoms with E-state index >= 15 is 0 Å². The van der Waals surface area contributed by atoms with Crippen LogP contribution < -0.4 is 4.72 Å². The van der Waals surface area contributed by atoms with Gasteiger partial charge in [-0.1, -0.05) is 35.9 Å². The lowest BCUT2D eigenvalue weighted by Crippen LogP contribution is -2.09. The minimum absolute atomic E-state index is 0.354. The Kier molecular flexibility index (Phi) is 5.37. The third-order valence-electron chi connectivity index (χ3n) is 2.91. The number of halogens is 1. The standard InChI is InChI=1S/C16H14ClN3O2S/c1-23(21,22)20-15-8-4-13(5-9-15)11-19-16(17)14-6-2-12(10-18)3-7-14/h2-9,20H,11H2,1H3. The molecule has 0 amide bonds. The molecule has 0 saturated heterocycles. The van der Waals surface area contributed by atoms with Gasteiger partial charge in [0.2, 0.25) is 10.0 Å². The minimum atomic E-state index is -3.28. The summed E-state index contributed by atoms with van der Waals surface area (Å²) in [6.07, 6.45) is 1.10. The van der Waals surface area contributed by atoms with E-state index < -0.39 is 10.0 Å². The maximum atomic E-state index is 11.1. The molecular weight excluding hydrogens is 334 g/mol. The number of sulfonamides is 1. The van der Waals surface area contributed by atoms with Crippen molar-refractivity contribution in [2.75, 3.05) is 11.0 Å². The molecule has 2 rings (SSSR count). The Morgan fingerprint density at radius 2 is 1.78 bits per heavy atom. The summed E-state index contributed by atoms with van der Waals surface area (Å²) in [5, 5.41) is 9.11. The van der Waals surface area contributed by atoms with E-state index in [9.17, 15) is 8.42 Å². The molecule has 5 nitrogen and oxygen atoms in total. The molecule has 0 saturated carbocycles. The molecule has 0 aromatic heterocycles. The number of benzene rings is 2. The molecule has 0 aliphatic carbocycles. The highest BCUT2D eigenvalue weighted by molar-refractivity contribution is 7.92. The van der Waals surface area contributed by atoms with Crippen LogP contribution >= 0.6 is 11.6 Å². The van der Waals surface area contributed by atoms with Crippen molar-refractivity contribution in [3.05, 3.63) is 65.2 Å². The number of nitrogens with one attached hydrogen (secondary N) is 1. The highest BCUT2D eigenvalue weighted by Gasteiger charge is 2.03. The second-order valence-electron chi connectivity index (χ2n) is 4.87. The maximum Gasteiger partial charge on any atom is 0.229 e. The lowest BCUT2D eigenvalue weighted by Gasteiger charge is -2.04. The fourth-order valence-electron chi connectivity index (χ4n) is 1.83. The van der Waals surface area contributed by atoms with Crippen molar-refractivity contribution in [2.24, 2.45) is 4.99 Å². The molecule has 0 radical (unpaired) electrons. The lowest BCUT2D eigenvalue weighted by molar-refractivity contribution is 0.607. The van der Waals surface area contributed by atoms with Crippen LogP contribution in [-0.2, 0) is 16.6 Å². The van der Waals surface area contributed by atoms with Gasteiger partial charge >= 0.3 is 0 Å². The van der Waals surface area contributed by atoms with Crippen molar-refractivity contribution in [3.63, 3.8) is 0 Å². The van der Waals surface area contributed by atoms with Crippen molar-refractivity contribution in [1.29, 1.82) is 5.26 Å². The van der Waals surface area contributed by atoms with Gasteiger partial charge in [0, 0.05) is 11.3 Å². The van der Waals surface area contributed by atoms with Crippen molar-refractivity contribution in [2.45, 2.75) is 6.54 Å². The first-order chi connectivity index (χ1) is 10.9. The summed E-state index contributed by atoms with van der Waals surface area (Å²) in [5.74, 6) is 0. The third-order valence-corrected chi connectivity index (χ3v) is 3.85. The zero-order chi connectivity index (χ0) is 16.9. The van der Waals surface area contributed by atoms with Crippen LogP contribution in [0.5, 0.6) is 0 Å². The first-order valence-electron chi connectivity index (χ1n) is 6.64. The summed E-state index contributed by atoms with van der Waals surface area (Å²) < 4.78 is 24.7. The summed E-state index contributed by atoms with van der Waals surface area (Å²) in [4.78, 5) is 4.28. The van der Waals surface area contributed by atoms with Gasteiger partial charge in [0.15, 0.2) is 0 Å². The monoisotopic (exact) mass is 347 g/mol. The molecule has 118 valence electrons. The van der Waals surface area contributed by atoms with Gasteiger partial charge < -0.3 is 0 Å². The highest BCUT2D eigenvalue weighted by atomic mass is 35.5. The molecule has 0 spiro atoms. The van der Waals surface area contributed by atoms with Crippen LogP contribution in [0.15, 0.2) is 53.5 Å². The molecule has 0 unspecified atom stereocenters. The van der Waals surface area contributed by atoms with Crippen molar-refractivity contribution in [1.82, 2.24) is 0 Å². The van der Waals surface area contributed by atoms with E-state index in [0.717, 1.165) is 17.4 Å². The molecule has 1 N–H and O–H groups in total. The fourth-order valence-corrected chi connectivity index (χ4v) is 2.58. The quantitative estimate of drug-likeness (QED) is 0.843. The Labute approximate surface area is 140 Å². The number of rotatable bonds is 5. The Morgan fingerprint density at radius 1 is 1.17 bits per heavy atom. The van der Waals surface area contributed by atoms with Crippen LogP contribution in [0.3, 0.4) is 0 Å². The molecular formula is C16H14ClN3O2S. The third kappa shape index (κ3) is 5.40. The van der Waals surface area contributed by atoms with E-state index in [1.165, 1.54) is 0 Å². The lowest BCUT2D eigenvalue weighted by atomic mass is 10.1. The highest BCUT2D eigenvalue weighted by Crippen LogP contribution is 2.13. The molecule has 0 aliphatic rings. The topological polar surface area (TPSA) is 82.3 Å². The first kappa shape index (κ1) is 17.0. The SMILES string of the molecule is CS(=O)(=O)Nc1ccc(CN=C(Cl)c2ccc(C#N)cc2)cc1. The maximum absolute atomic E-state index is 11.1. The first-order valence-corrected chi connectivity index (χ1v) is 8.91. The van der Waals surface area contributed by atoms with E-state index in [1.807, 2.05) is 6.07 Å². The van der Waals surface area contributed by atoms with E-state index in [-0.39, 0.29) is 0 Å². The molecule has 0 fully saturated rings. The van der Waals surface area contributed by atoms with Gasteiger partial charge in [0.1, 0.15) is 5.17 Å². The van der Waals surface area contributed by atoms with Gasteiger partial charge in [-0.25, -0.2) is 8.42 Å². The largest absolute Gasteiger partial charge is 0.284 e. The average molecular weight is 348 g/mol. The summed E-state index contributed by atoms with van der Waals surface area (Å²) in [6.45, 7) is 0.373. The number of nitriles is 1. The predicted molar refractivity (Wildman–Crippen MR) is 92.2 cm³/mol. The van der Waals surface area contributed by atoms with Crippen LogP contribution in [0.25, 0.3) is 0 Å². The number of aliphatic imine (C=N–C) groups is 1. The summed E-state index contributed by atoms with van der Waals surface area (Å²) in [7, 11) is -3.28. The summed E-state index contributed by atoms with van der Waals surface area (Å²) in [5.41, 5.74) is 2.70. The van der Waals surface area contributed by atoms with Gasteiger partial charge in [0.05, 0.1) is 24.4 Å². The Hall–Kier alpha value is -2.36. The Bertz CT molecular complexity index is 852. The number of hydrogen-bond acceptors (Lipinski definition) is 4. The minimum Gasteiger partial charge on any atom is -0.284 e. The van der Waals surface area contributed by atoms with Crippen molar-refractivity contribution >= 4 is 32.5 Å². The van der Waals surface area contributed by atoms with E-state index in [4.69, 9.17) is 16.9 Å². The van der Waals surface area contributed by atoms with Gasteiger partial charge in [-0.3, -0.25) is 9.71 Å². The van der Waals surface area contributed by atoms with Gasteiger partial charge in [0.25, 0.3) is 0 Å². The molecule has 2 aromatic carbocycles. The van der Waals surface area contributed by atoms with E-state index in [1.54, 1.807) is 48.5 Å². The zero-order valence-electron chi connectivity index (χ0n) is 12.3. The fraction of sp³-hybridized carbons (Fsp3) is 0.125. The molecule has 23 heavy (non-hydrogen) atoms. The summed E-state index contributed by atoms with van der Waals surface area (Å²) >= 11 is 6.15. The van der Waals surface area contributed by atoms with Crippen LogP contribution in [-0.4, -0.2) is 19.8 Å². The van der Waals surface area contributed by atoms with Gasteiger partial charge in [-0.05, 0) is 29.8 Å². The number of hydrogen-bond donors (Lipinski definition) is 1. The molecule has 0 aliphatic heterocycles. The number of anilines is 1. The normalized spacial score (nSPS) is 11.8. The second kappa shape index (κ2) is 7.27. The molecule has 0 heterocycles. The molecule has 2 aromatic rings. The Morgan fingerprint density at radius 3 is 2.30 bits per heavy atom. The number of nitrogens with zero attached hydrogens (tertiary/aromatic N) is 2. The zero-order valence-corrected chi connectivity index (χ0v) is 13.9. The van der Waals surface area contributed by atoms with Crippen LogP contribution in [0.1, 0.15) is 16.7 Å². The second-order valence-corrected chi connectivity index (χ2v) is 6.97. The summed E-state index contributed by atoms with van der Waals surface area (Å²) in [6, 6.07) is 15.8. The molecule has 0 atom stereocenters. The predicted octanol–water partition coefficient (Wildman–Crippen LogP) is 3.12.